The summed E-state index contributed by atoms with van der Waals surface area (Å²) in [5, 5.41) is 70.7. The fourth-order valence-electron chi connectivity index (χ4n) is 11.2. The standard InChI is InChI=1S/C65H110F2N20O13/c1-11-33(5)46(83-53(91)43(74-10)29-38-21-16-15-17-22-38)56(94)79-40(23-18-26-75-62(68)69)51(89)78-41(24-19-27-76-63(70)71)52(90)82-48(35(7)13-3)58(96)84-47(34(6)12-2)57(95)81-44(32-88)54(92)85-50-37(9)100-60(98)49(36(8)14-4)86-61(99)65(31-39(65)30-45(66)67)87-55(93)42(80-59(50)97)25-20-28-77-64(72)73/h15-17,21-22,33-37,39-50,74,88H,11-14,18-20,23-32H2,1-10H3,(H,78,89)(H,79,94)(H,80,97)(H,81,95)(H,82,90)(H,83,91)(H,84,96)(H,85,92)(H,86,99)(H,87,93)(H4,68,69,75)(H4,70,71,76)(H4,72,73,77)/t33-,34-,35-,36-,37-,39?,40-,41+,42-,43+,44-,46-,47-,48+,49-,50+,65?/m0/s1. The van der Waals surface area contributed by atoms with Gasteiger partial charge in [-0.25, -0.2) is 13.6 Å². The number of cyclic esters (lactones) is 1. The molecule has 0 radical (unpaired) electrons. The summed E-state index contributed by atoms with van der Waals surface area (Å²) >= 11 is 0. The zero-order valence-corrected chi connectivity index (χ0v) is 59.1. The Kier molecular flexibility index (Phi) is 35.9. The molecule has 1 aliphatic carbocycles. The van der Waals surface area contributed by atoms with Gasteiger partial charge in [0.2, 0.25) is 65.5 Å². The molecule has 0 bridgehead atoms. The van der Waals surface area contributed by atoms with Crippen molar-refractivity contribution < 1.29 is 71.4 Å². The number of aliphatic hydroxyl groups excluding tert-OH is 1. The number of hydrogen-bond acceptors (Lipinski definition) is 17. The molecule has 562 valence electrons. The molecule has 1 aromatic carbocycles. The van der Waals surface area contributed by atoms with Crippen molar-refractivity contribution in [1.29, 1.82) is 16.2 Å². The molecule has 1 heterocycles. The summed E-state index contributed by atoms with van der Waals surface area (Å²) in [6.07, 6.45) is -4.07. The van der Waals surface area contributed by atoms with Crippen LogP contribution in [0.2, 0.25) is 0 Å². The van der Waals surface area contributed by atoms with Gasteiger partial charge in [0.1, 0.15) is 66.0 Å². The highest BCUT2D eigenvalue weighted by Crippen LogP contribution is 2.48. The number of benzene rings is 1. The summed E-state index contributed by atoms with van der Waals surface area (Å²) in [4.78, 5) is 158. The molecule has 2 unspecified atom stereocenters. The highest BCUT2D eigenvalue weighted by molar-refractivity contribution is 6.01. The monoisotopic (exact) mass is 1420 g/mol. The number of esters is 1. The normalized spacial score (nSPS) is 21.8. The van der Waals surface area contributed by atoms with E-state index in [4.69, 9.17) is 38.2 Å². The van der Waals surface area contributed by atoms with Crippen LogP contribution in [0.1, 0.15) is 145 Å². The molecule has 10 amide bonds. The lowest BCUT2D eigenvalue weighted by Crippen LogP contribution is -2.63. The fraction of sp³-hybridized carbons (Fsp3) is 0.692. The van der Waals surface area contributed by atoms with Gasteiger partial charge in [-0.05, 0) is 100 Å². The van der Waals surface area contributed by atoms with Gasteiger partial charge >= 0.3 is 5.97 Å². The van der Waals surface area contributed by atoms with E-state index < -0.39 is 192 Å². The van der Waals surface area contributed by atoms with Crippen LogP contribution in [-0.2, 0) is 63.9 Å². The summed E-state index contributed by atoms with van der Waals surface area (Å²) in [7, 11) is 1.62. The number of likely N-dealkylation sites (N-methyl/N-ethyl adjacent to an activating group) is 1. The van der Waals surface area contributed by atoms with E-state index in [1.165, 1.54) is 6.92 Å². The number of amides is 10. The Morgan fingerprint density at radius 2 is 1.07 bits per heavy atom. The molecule has 1 saturated carbocycles. The van der Waals surface area contributed by atoms with Crippen molar-refractivity contribution in [2.45, 2.75) is 224 Å². The third kappa shape index (κ3) is 26.9. The van der Waals surface area contributed by atoms with E-state index in [1.807, 2.05) is 37.3 Å². The third-order valence-electron chi connectivity index (χ3n) is 18.4. The Labute approximate surface area is 583 Å². The average Bonchev–Trinajstić information content (AvgIpc) is 1.58. The number of aliphatic hydroxyl groups is 1. The first-order valence-electron chi connectivity index (χ1n) is 34.3. The zero-order valence-electron chi connectivity index (χ0n) is 59.1. The summed E-state index contributed by atoms with van der Waals surface area (Å²) in [6.45, 7) is 13.8. The maximum Gasteiger partial charge on any atom is 0.329 e. The molecule has 1 spiro atoms. The minimum Gasteiger partial charge on any atom is -0.458 e. The van der Waals surface area contributed by atoms with E-state index in [-0.39, 0.29) is 95.8 Å². The largest absolute Gasteiger partial charge is 0.458 e. The van der Waals surface area contributed by atoms with Crippen LogP contribution in [0.25, 0.3) is 0 Å². The van der Waals surface area contributed by atoms with Crippen LogP contribution in [0, 0.1) is 45.8 Å². The first-order chi connectivity index (χ1) is 47.2. The highest BCUT2D eigenvalue weighted by Gasteiger charge is 2.62. The second-order valence-corrected chi connectivity index (χ2v) is 26.0. The summed E-state index contributed by atoms with van der Waals surface area (Å²) in [6, 6.07) is -5.16. The van der Waals surface area contributed by atoms with E-state index in [0.717, 1.165) is 5.56 Å². The van der Waals surface area contributed by atoms with Crippen molar-refractivity contribution in [1.82, 2.24) is 74.4 Å². The topological polar surface area (TPSA) is 535 Å². The second-order valence-electron chi connectivity index (χ2n) is 26.0. The first-order valence-corrected chi connectivity index (χ1v) is 34.3. The molecule has 2 fully saturated rings. The van der Waals surface area contributed by atoms with Gasteiger partial charge in [0.05, 0.1) is 12.6 Å². The number of rotatable bonds is 40. The molecule has 17 atom stereocenters. The molecule has 33 nitrogen and oxygen atoms in total. The average molecular weight is 1420 g/mol. The van der Waals surface area contributed by atoms with Crippen molar-refractivity contribution in [2.24, 2.45) is 46.8 Å². The maximum absolute atomic E-state index is 14.7. The summed E-state index contributed by atoms with van der Waals surface area (Å²) in [5.74, 6) is -14.9. The van der Waals surface area contributed by atoms with Crippen LogP contribution in [0.15, 0.2) is 30.3 Å². The van der Waals surface area contributed by atoms with E-state index in [9.17, 15) is 66.6 Å². The lowest BCUT2D eigenvalue weighted by Gasteiger charge is -2.32. The Hall–Kier alpha value is -9.02. The summed E-state index contributed by atoms with van der Waals surface area (Å²) < 4.78 is 33.4. The molecular formula is C65H110F2N20O13. The van der Waals surface area contributed by atoms with Crippen molar-refractivity contribution in [3.8, 4) is 0 Å². The fourth-order valence-corrected chi connectivity index (χ4v) is 11.2. The number of guanidine groups is 3. The van der Waals surface area contributed by atoms with Crippen LogP contribution in [0.5, 0.6) is 0 Å². The summed E-state index contributed by atoms with van der Waals surface area (Å²) in [5.41, 5.74) is 15.5. The third-order valence-corrected chi connectivity index (χ3v) is 18.4. The lowest BCUT2D eigenvalue weighted by molar-refractivity contribution is -0.157. The zero-order chi connectivity index (χ0) is 75.1. The van der Waals surface area contributed by atoms with Crippen LogP contribution < -0.4 is 91.6 Å². The van der Waals surface area contributed by atoms with Gasteiger partial charge in [0.25, 0.3) is 0 Å². The molecule has 1 aromatic rings. The van der Waals surface area contributed by atoms with Gasteiger partial charge in [-0.15, -0.1) is 0 Å². The smallest absolute Gasteiger partial charge is 0.329 e. The number of carbonyl (C=O) groups is 11. The van der Waals surface area contributed by atoms with Crippen LogP contribution >= 0.6 is 0 Å². The lowest BCUT2D eigenvalue weighted by atomic mass is 9.94. The number of alkyl halides is 2. The first kappa shape index (κ1) is 85.2. The maximum atomic E-state index is 14.7. The Morgan fingerprint density at radius 1 is 0.620 bits per heavy atom. The number of ether oxygens (including phenoxy) is 1. The van der Waals surface area contributed by atoms with Gasteiger partial charge in [-0.1, -0.05) is 111 Å². The number of hydrogen-bond donors (Lipinski definition) is 21. The SMILES string of the molecule is CC[C@H](C)[C@H](NC(=O)[C@@H](Cc1ccccc1)NC)C(=O)N[C@@H](CCCNC(=N)N)C(=O)N[C@H](CCCNC(=N)N)C(=O)N[C@@H](C(=O)N[C@H](C(=O)N[C@@H](CO)C(=O)N[C@H]1C(=O)N[C@@H](CCCNC(=N)N)C(=O)NC2(CC2CC(F)F)C(=O)N[C@@H]([C@@H](C)CC)C(=O)O[C@H]1C)[C@@H](C)CC)[C@@H](C)CC. The quantitative estimate of drug-likeness (QED) is 0.0141. The molecule has 2 aliphatic rings. The van der Waals surface area contributed by atoms with Gasteiger partial charge < -0.3 is 101 Å². The van der Waals surface area contributed by atoms with Gasteiger partial charge in [0, 0.05) is 26.1 Å². The second kappa shape index (κ2) is 42.2. The van der Waals surface area contributed by atoms with Crippen molar-refractivity contribution in [3.05, 3.63) is 35.9 Å². The van der Waals surface area contributed by atoms with Gasteiger partial charge in [-0.2, -0.15) is 0 Å². The van der Waals surface area contributed by atoms with E-state index in [0.29, 0.717) is 12.8 Å². The van der Waals surface area contributed by atoms with E-state index in [1.54, 1.807) is 55.5 Å². The number of nitrogens with two attached hydrogens (primary N) is 3. The molecule has 3 rings (SSSR count). The van der Waals surface area contributed by atoms with E-state index >= 15 is 0 Å². The molecule has 100 heavy (non-hydrogen) atoms. The number of carbonyl (C=O) groups excluding carboxylic acids is 11. The number of nitrogens with one attached hydrogen (secondary N) is 17. The van der Waals surface area contributed by atoms with Gasteiger partial charge in [-0.3, -0.25) is 64.2 Å². The predicted octanol–water partition coefficient (Wildman–Crippen LogP) is -2.38. The van der Waals surface area contributed by atoms with Crippen molar-refractivity contribution >= 4 is 82.9 Å². The van der Waals surface area contributed by atoms with Crippen LogP contribution in [-0.4, -0.2) is 200 Å². The highest BCUT2D eigenvalue weighted by atomic mass is 19.3. The molecule has 1 saturated heterocycles. The molecule has 1 aliphatic heterocycles. The minimum absolute atomic E-state index is 0.0124. The van der Waals surface area contributed by atoms with Crippen molar-refractivity contribution in [2.75, 3.05) is 33.3 Å². The Bertz CT molecular complexity index is 2960. The minimum atomic E-state index is -2.88. The Balaban J connectivity index is 1.99. The van der Waals surface area contributed by atoms with Crippen LogP contribution in [0.3, 0.4) is 0 Å². The van der Waals surface area contributed by atoms with E-state index in [2.05, 4.69) is 74.4 Å². The Morgan fingerprint density at radius 3 is 1.53 bits per heavy atom. The van der Waals surface area contributed by atoms with Gasteiger partial charge in [0.15, 0.2) is 17.9 Å². The van der Waals surface area contributed by atoms with Crippen LogP contribution in [0.4, 0.5) is 8.78 Å². The molecule has 35 heteroatoms. The predicted molar refractivity (Wildman–Crippen MR) is 368 cm³/mol. The molecule has 0 aromatic heterocycles. The molecular weight excluding hydrogens is 1310 g/mol. The van der Waals surface area contributed by atoms with Crippen molar-refractivity contribution in [3.63, 3.8) is 0 Å². The number of halogens is 2. The molecule has 24 N–H and O–H groups in total.